The number of carbonyl (C=O) groups is 3. The van der Waals surface area contributed by atoms with Gasteiger partial charge >= 0.3 is 5.97 Å². The van der Waals surface area contributed by atoms with Gasteiger partial charge in [-0.25, -0.2) is 13.2 Å². The maximum Gasteiger partial charge on any atom is 0.329 e. The molecule has 1 N–H and O–H groups in total. The first-order valence-corrected chi connectivity index (χ1v) is 11.8. The molecule has 1 aromatic carbocycles. The Morgan fingerprint density at radius 1 is 1.13 bits per heavy atom. The van der Waals surface area contributed by atoms with E-state index in [1.165, 1.54) is 18.9 Å². The number of carbonyl (C=O) groups excluding carboxylic acids is 3. The van der Waals surface area contributed by atoms with Gasteiger partial charge in [0.2, 0.25) is 0 Å². The molecule has 0 spiro atoms. The zero-order valence-corrected chi connectivity index (χ0v) is 18.9. The number of likely N-dealkylation sites (N-methyl/N-ethyl adjacent to an activating group) is 1. The Bertz CT molecular complexity index is 895. The summed E-state index contributed by atoms with van der Waals surface area (Å²) in [5, 5.41) is 2.67. The Balaban J connectivity index is 2.00. The van der Waals surface area contributed by atoms with Crippen LogP contribution in [0.5, 0.6) is 0 Å². The normalized spacial score (nSPS) is 19.7. The van der Waals surface area contributed by atoms with E-state index in [9.17, 15) is 22.8 Å². The molecule has 0 bridgehead atoms. The number of sulfone groups is 1. The van der Waals surface area contributed by atoms with Gasteiger partial charge in [-0.05, 0) is 38.3 Å². The van der Waals surface area contributed by atoms with Gasteiger partial charge in [0.15, 0.2) is 15.9 Å². The fraction of sp³-hybridized carbons (Fsp3) is 0.571. The van der Waals surface area contributed by atoms with Crippen molar-refractivity contribution < 1.29 is 27.5 Å². The predicted molar refractivity (Wildman–Crippen MR) is 113 cm³/mol. The molecule has 1 aromatic rings. The van der Waals surface area contributed by atoms with Crippen molar-refractivity contribution in [1.82, 2.24) is 10.2 Å². The smallest absolute Gasteiger partial charge is 0.329 e. The lowest BCUT2D eigenvalue weighted by atomic mass is 10.0. The van der Waals surface area contributed by atoms with Crippen LogP contribution in [0, 0.1) is 12.8 Å². The van der Waals surface area contributed by atoms with Crippen molar-refractivity contribution >= 4 is 27.6 Å². The lowest BCUT2D eigenvalue weighted by Crippen LogP contribution is -2.49. The highest BCUT2D eigenvalue weighted by molar-refractivity contribution is 7.91. The third-order valence-electron chi connectivity index (χ3n) is 5.27. The minimum Gasteiger partial charge on any atom is -0.451 e. The lowest BCUT2D eigenvalue weighted by Gasteiger charge is -2.28. The minimum atomic E-state index is -3.14. The van der Waals surface area contributed by atoms with Crippen molar-refractivity contribution in [2.75, 3.05) is 18.6 Å². The molecule has 9 heteroatoms. The van der Waals surface area contributed by atoms with Crippen LogP contribution in [0.3, 0.4) is 0 Å². The standard InChI is InChI=1S/C21H30N2O6S/c1-13(2)18(22-19(24)16-8-6-14(3)7-9-16)21(26)29-15(4)20(25)23(5)17-10-11-30(27,28)12-17/h6-9,13,15,17-18H,10-12H2,1-5H3,(H,22,24)/t15-,17+,18+/m1/s1. The molecule has 1 fully saturated rings. The predicted octanol–water partition coefficient (Wildman–Crippen LogP) is 1.33. The van der Waals surface area contributed by atoms with E-state index in [2.05, 4.69) is 5.32 Å². The van der Waals surface area contributed by atoms with Crippen LogP contribution in [0.25, 0.3) is 0 Å². The summed E-state index contributed by atoms with van der Waals surface area (Å²) in [6, 6.07) is 5.60. The van der Waals surface area contributed by atoms with E-state index in [1.54, 1.807) is 38.1 Å². The van der Waals surface area contributed by atoms with Gasteiger partial charge in [-0.3, -0.25) is 9.59 Å². The van der Waals surface area contributed by atoms with Gasteiger partial charge in [-0.15, -0.1) is 0 Å². The number of hydrogen-bond donors (Lipinski definition) is 1. The van der Waals surface area contributed by atoms with E-state index >= 15 is 0 Å². The molecule has 3 atom stereocenters. The van der Waals surface area contributed by atoms with E-state index in [-0.39, 0.29) is 17.4 Å². The fourth-order valence-electron chi connectivity index (χ4n) is 3.27. The van der Waals surface area contributed by atoms with Crippen LogP contribution >= 0.6 is 0 Å². The summed E-state index contributed by atoms with van der Waals surface area (Å²) in [6.07, 6.45) is -0.727. The second kappa shape index (κ2) is 9.59. The van der Waals surface area contributed by atoms with Crippen molar-refractivity contribution in [3.05, 3.63) is 35.4 Å². The highest BCUT2D eigenvalue weighted by Gasteiger charge is 2.36. The van der Waals surface area contributed by atoms with E-state index in [4.69, 9.17) is 4.74 Å². The molecule has 0 unspecified atom stereocenters. The largest absolute Gasteiger partial charge is 0.451 e. The van der Waals surface area contributed by atoms with E-state index in [0.29, 0.717) is 12.0 Å². The summed E-state index contributed by atoms with van der Waals surface area (Å²) in [6.45, 7) is 6.89. The molecule has 0 radical (unpaired) electrons. The second-order valence-corrected chi connectivity index (χ2v) is 10.4. The van der Waals surface area contributed by atoms with Crippen molar-refractivity contribution in [2.24, 2.45) is 5.92 Å². The number of hydrogen-bond acceptors (Lipinski definition) is 6. The lowest BCUT2D eigenvalue weighted by molar-refractivity contribution is -0.161. The maximum absolute atomic E-state index is 12.7. The van der Waals surface area contributed by atoms with Gasteiger partial charge in [0, 0.05) is 18.7 Å². The highest BCUT2D eigenvalue weighted by Crippen LogP contribution is 2.18. The maximum atomic E-state index is 12.7. The third kappa shape index (κ3) is 6.04. The van der Waals surface area contributed by atoms with Gasteiger partial charge in [-0.1, -0.05) is 31.5 Å². The molecule has 30 heavy (non-hydrogen) atoms. The van der Waals surface area contributed by atoms with Crippen LogP contribution in [-0.2, 0) is 24.2 Å². The number of esters is 1. The number of aryl methyl sites for hydroxylation is 1. The van der Waals surface area contributed by atoms with Crippen LogP contribution in [0.4, 0.5) is 0 Å². The van der Waals surface area contributed by atoms with Crippen molar-refractivity contribution in [3.63, 3.8) is 0 Å². The summed E-state index contributed by atoms with van der Waals surface area (Å²) < 4.78 is 28.6. The summed E-state index contributed by atoms with van der Waals surface area (Å²) in [5.41, 5.74) is 1.43. The molecular formula is C21H30N2O6S. The quantitative estimate of drug-likeness (QED) is 0.643. The monoisotopic (exact) mass is 438 g/mol. The van der Waals surface area contributed by atoms with Gasteiger partial charge in [-0.2, -0.15) is 0 Å². The number of amides is 2. The molecule has 0 aliphatic carbocycles. The van der Waals surface area contributed by atoms with Gasteiger partial charge in [0.05, 0.1) is 11.5 Å². The van der Waals surface area contributed by atoms with Gasteiger partial charge < -0.3 is 15.0 Å². The van der Waals surface area contributed by atoms with Crippen molar-refractivity contribution in [1.29, 1.82) is 0 Å². The van der Waals surface area contributed by atoms with Crippen molar-refractivity contribution in [2.45, 2.75) is 52.3 Å². The average molecular weight is 439 g/mol. The first-order valence-electron chi connectivity index (χ1n) is 9.96. The SMILES string of the molecule is Cc1ccc(C(=O)N[C@H](C(=O)O[C@H](C)C(=O)N(C)[C@H]2CCS(=O)(=O)C2)C(C)C)cc1. The van der Waals surface area contributed by atoms with Crippen LogP contribution in [0.1, 0.15) is 43.1 Å². The summed E-state index contributed by atoms with van der Waals surface area (Å²) in [7, 11) is -1.63. The molecule has 1 heterocycles. The number of ether oxygens (including phenoxy) is 1. The molecule has 8 nitrogen and oxygen atoms in total. The first-order chi connectivity index (χ1) is 13.9. The van der Waals surface area contributed by atoms with E-state index in [1.807, 2.05) is 6.92 Å². The Morgan fingerprint density at radius 3 is 2.23 bits per heavy atom. The van der Waals surface area contributed by atoms with Crippen LogP contribution in [0.15, 0.2) is 24.3 Å². The van der Waals surface area contributed by atoms with Gasteiger partial charge in [0.25, 0.3) is 11.8 Å². The van der Waals surface area contributed by atoms with Crippen LogP contribution in [-0.4, -0.2) is 67.8 Å². The second-order valence-electron chi connectivity index (χ2n) is 8.15. The molecule has 0 aromatic heterocycles. The topological polar surface area (TPSA) is 110 Å². The zero-order valence-electron chi connectivity index (χ0n) is 18.0. The Labute approximate surface area is 177 Å². The molecule has 2 amide bonds. The molecule has 1 aliphatic heterocycles. The number of nitrogens with zero attached hydrogens (tertiary/aromatic N) is 1. The number of nitrogens with one attached hydrogen (secondary N) is 1. The first kappa shape index (κ1) is 23.9. The zero-order chi connectivity index (χ0) is 22.6. The summed E-state index contributed by atoms with van der Waals surface area (Å²) >= 11 is 0. The molecule has 166 valence electrons. The molecule has 0 saturated carbocycles. The minimum absolute atomic E-state index is 0.0456. The summed E-state index contributed by atoms with van der Waals surface area (Å²) in [4.78, 5) is 39.1. The van der Waals surface area contributed by atoms with Crippen LogP contribution in [0.2, 0.25) is 0 Å². The molecule has 1 aliphatic rings. The molecule has 2 rings (SSSR count). The average Bonchev–Trinajstić information content (AvgIpc) is 3.04. The Kier molecular flexibility index (Phi) is 7.63. The summed E-state index contributed by atoms with van der Waals surface area (Å²) in [5.74, 6) is -1.89. The van der Waals surface area contributed by atoms with E-state index in [0.717, 1.165) is 5.56 Å². The Hall–Kier alpha value is -2.42. The van der Waals surface area contributed by atoms with Crippen molar-refractivity contribution in [3.8, 4) is 0 Å². The number of benzene rings is 1. The Morgan fingerprint density at radius 2 is 1.73 bits per heavy atom. The van der Waals surface area contributed by atoms with Crippen LogP contribution < -0.4 is 5.32 Å². The molecule has 1 saturated heterocycles. The third-order valence-corrected chi connectivity index (χ3v) is 7.02. The van der Waals surface area contributed by atoms with Gasteiger partial charge in [0.1, 0.15) is 6.04 Å². The highest BCUT2D eigenvalue weighted by atomic mass is 32.2. The van der Waals surface area contributed by atoms with E-state index < -0.39 is 45.8 Å². The molecular weight excluding hydrogens is 408 g/mol. The number of rotatable bonds is 7. The fourth-order valence-corrected chi connectivity index (χ4v) is 5.05.